The zero-order valence-electron chi connectivity index (χ0n) is 14.7. The number of benzene rings is 1. The van der Waals surface area contributed by atoms with Crippen LogP contribution in [0.1, 0.15) is 35.4 Å². The molecular weight excluding hydrogens is 340 g/mol. The highest BCUT2D eigenvalue weighted by Gasteiger charge is 2.26. The van der Waals surface area contributed by atoms with E-state index in [1.165, 1.54) is 6.42 Å². The molecule has 0 unspecified atom stereocenters. The van der Waals surface area contributed by atoms with Crippen molar-refractivity contribution >= 4 is 18.3 Å². The summed E-state index contributed by atoms with van der Waals surface area (Å²) in [5.74, 6) is 1.72. The number of carbonyl (C=O) groups is 1. The Kier molecular flexibility index (Phi) is 6.96. The van der Waals surface area contributed by atoms with Gasteiger partial charge in [-0.2, -0.15) is 4.98 Å². The Labute approximate surface area is 154 Å². The molecule has 2 heterocycles. The van der Waals surface area contributed by atoms with Crippen molar-refractivity contribution in [1.29, 1.82) is 0 Å². The SMILES string of the molecule is CNCCC1CCN(C(=O)c2ccccc2-c2nc(C)no2)CC1.Cl. The molecule has 1 amide bonds. The third-order valence-corrected chi connectivity index (χ3v) is 4.62. The van der Waals surface area contributed by atoms with Crippen LogP contribution in [-0.2, 0) is 0 Å². The van der Waals surface area contributed by atoms with Gasteiger partial charge in [0.15, 0.2) is 5.82 Å². The average Bonchev–Trinajstić information content (AvgIpc) is 3.06. The van der Waals surface area contributed by atoms with Crippen LogP contribution < -0.4 is 5.32 Å². The van der Waals surface area contributed by atoms with E-state index in [0.29, 0.717) is 28.8 Å². The van der Waals surface area contributed by atoms with E-state index < -0.39 is 0 Å². The molecule has 7 heteroatoms. The molecule has 136 valence electrons. The van der Waals surface area contributed by atoms with Gasteiger partial charge in [0.1, 0.15) is 0 Å². The number of hydrogen-bond acceptors (Lipinski definition) is 5. The first-order valence-corrected chi connectivity index (χ1v) is 8.52. The summed E-state index contributed by atoms with van der Waals surface area (Å²) >= 11 is 0. The van der Waals surface area contributed by atoms with Gasteiger partial charge in [0.05, 0.1) is 11.1 Å². The van der Waals surface area contributed by atoms with Crippen molar-refractivity contribution in [2.75, 3.05) is 26.7 Å². The number of rotatable bonds is 5. The third kappa shape index (κ3) is 4.58. The highest BCUT2D eigenvalue weighted by atomic mass is 35.5. The maximum Gasteiger partial charge on any atom is 0.258 e. The number of likely N-dealkylation sites (tertiary alicyclic amines) is 1. The Balaban J connectivity index is 0.00000225. The second kappa shape index (κ2) is 8.97. The summed E-state index contributed by atoms with van der Waals surface area (Å²) in [5, 5.41) is 7.03. The molecule has 0 aliphatic carbocycles. The van der Waals surface area contributed by atoms with Crippen molar-refractivity contribution in [2.24, 2.45) is 5.92 Å². The van der Waals surface area contributed by atoms with Crippen LogP contribution >= 0.6 is 12.4 Å². The number of aryl methyl sites for hydroxylation is 1. The summed E-state index contributed by atoms with van der Waals surface area (Å²) in [4.78, 5) is 19.1. The van der Waals surface area contributed by atoms with Crippen LogP contribution in [0, 0.1) is 12.8 Å². The lowest BCUT2D eigenvalue weighted by atomic mass is 9.93. The van der Waals surface area contributed by atoms with Crippen LogP contribution in [0.2, 0.25) is 0 Å². The zero-order valence-corrected chi connectivity index (χ0v) is 15.5. The lowest BCUT2D eigenvalue weighted by molar-refractivity contribution is 0.0687. The lowest BCUT2D eigenvalue weighted by Gasteiger charge is -2.32. The van der Waals surface area contributed by atoms with E-state index >= 15 is 0 Å². The quantitative estimate of drug-likeness (QED) is 0.883. The molecule has 0 saturated carbocycles. The number of carbonyl (C=O) groups excluding carboxylic acids is 1. The molecule has 1 aromatic heterocycles. The van der Waals surface area contributed by atoms with E-state index in [1.807, 2.05) is 36.2 Å². The minimum atomic E-state index is 0. The van der Waals surface area contributed by atoms with Gasteiger partial charge in [-0.1, -0.05) is 17.3 Å². The number of piperidine rings is 1. The fraction of sp³-hybridized carbons (Fsp3) is 0.500. The van der Waals surface area contributed by atoms with E-state index in [4.69, 9.17) is 4.52 Å². The molecule has 6 nitrogen and oxygen atoms in total. The van der Waals surface area contributed by atoms with Crippen LogP contribution in [0.5, 0.6) is 0 Å². The smallest absolute Gasteiger partial charge is 0.258 e. The molecular formula is C18H25ClN4O2. The number of amides is 1. The van der Waals surface area contributed by atoms with Crippen molar-refractivity contribution in [2.45, 2.75) is 26.2 Å². The Hall–Kier alpha value is -1.92. The van der Waals surface area contributed by atoms with Crippen LogP contribution in [0.4, 0.5) is 0 Å². The first-order valence-electron chi connectivity index (χ1n) is 8.52. The molecule has 0 bridgehead atoms. The monoisotopic (exact) mass is 364 g/mol. The van der Waals surface area contributed by atoms with Gasteiger partial charge >= 0.3 is 0 Å². The van der Waals surface area contributed by atoms with Crippen LogP contribution in [0.25, 0.3) is 11.5 Å². The number of nitrogens with one attached hydrogen (secondary N) is 1. The molecule has 1 N–H and O–H groups in total. The van der Waals surface area contributed by atoms with Crippen molar-refractivity contribution in [3.8, 4) is 11.5 Å². The summed E-state index contributed by atoms with van der Waals surface area (Å²) in [6, 6.07) is 7.46. The maximum absolute atomic E-state index is 12.9. The Morgan fingerprint density at radius 3 is 2.68 bits per heavy atom. The number of hydrogen-bond donors (Lipinski definition) is 1. The first kappa shape index (κ1) is 19.4. The number of nitrogens with zero attached hydrogens (tertiary/aromatic N) is 3. The fourth-order valence-corrected chi connectivity index (χ4v) is 3.21. The van der Waals surface area contributed by atoms with E-state index in [0.717, 1.165) is 32.5 Å². The molecule has 1 aliphatic rings. The van der Waals surface area contributed by atoms with Crippen LogP contribution in [0.15, 0.2) is 28.8 Å². The van der Waals surface area contributed by atoms with Crippen LogP contribution in [0.3, 0.4) is 0 Å². The van der Waals surface area contributed by atoms with Gasteiger partial charge in [-0.3, -0.25) is 4.79 Å². The van der Waals surface area contributed by atoms with Gasteiger partial charge in [-0.25, -0.2) is 0 Å². The van der Waals surface area contributed by atoms with Gasteiger partial charge in [-0.15, -0.1) is 12.4 Å². The highest BCUT2D eigenvalue weighted by Crippen LogP contribution is 2.26. The topological polar surface area (TPSA) is 71.3 Å². The second-order valence-electron chi connectivity index (χ2n) is 6.32. The molecule has 1 aliphatic heterocycles. The summed E-state index contributed by atoms with van der Waals surface area (Å²) in [5.41, 5.74) is 1.34. The third-order valence-electron chi connectivity index (χ3n) is 4.62. The fourth-order valence-electron chi connectivity index (χ4n) is 3.21. The summed E-state index contributed by atoms with van der Waals surface area (Å²) in [6.07, 6.45) is 3.31. The standard InChI is InChI=1S/C18H24N4O2.ClH/c1-13-20-17(24-21-13)15-5-3-4-6-16(15)18(23)22-11-8-14(9-12-22)7-10-19-2;/h3-6,14,19H,7-12H2,1-2H3;1H. The van der Waals surface area contributed by atoms with Crippen molar-refractivity contribution < 1.29 is 9.32 Å². The minimum absolute atomic E-state index is 0. The predicted octanol–water partition coefficient (Wildman–Crippen LogP) is 2.93. The zero-order chi connectivity index (χ0) is 16.9. The molecule has 3 rings (SSSR count). The van der Waals surface area contributed by atoms with Gasteiger partial charge in [0.2, 0.25) is 0 Å². The molecule has 1 saturated heterocycles. The van der Waals surface area contributed by atoms with E-state index in [1.54, 1.807) is 6.92 Å². The van der Waals surface area contributed by atoms with Crippen molar-refractivity contribution in [1.82, 2.24) is 20.4 Å². The summed E-state index contributed by atoms with van der Waals surface area (Å²) in [6.45, 7) is 4.43. The summed E-state index contributed by atoms with van der Waals surface area (Å²) in [7, 11) is 1.98. The Morgan fingerprint density at radius 2 is 2.04 bits per heavy atom. The lowest BCUT2D eigenvalue weighted by Crippen LogP contribution is -2.39. The Bertz CT molecular complexity index is 696. The Morgan fingerprint density at radius 1 is 1.32 bits per heavy atom. The highest BCUT2D eigenvalue weighted by molar-refractivity contribution is 6.00. The average molecular weight is 365 g/mol. The van der Waals surface area contributed by atoms with Gasteiger partial charge in [0, 0.05) is 13.1 Å². The normalized spacial score (nSPS) is 15.0. The number of aromatic nitrogens is 2. The van der Waals surface area contributed by atoms with Gasteiger partial charge in [-0.05, 0) is 57.8 Å². The molecule has 0 spiro atoms. The van der Waals surface area contributed by atoms with E-state index in [9.17, 15) is 4.79 Å². The van der Waals surface area contributed by atoms with Gasteiger partial charge in [0.25, 0.3) is 11.8 Å². The summed E-state index contributed by atoms with van der Waals surface area (Å²) < 4.78 is 5.25. The maximum atomic E-state index is 12.9. The van der Waals surface area contributed by atoms with Gasteiger partial charge < -0.3 is 14.7 Å². The van der Waals surface area contributed by atoms with Crippen LogP contribution in [-0.4, -0.2) is 47.6 Å². The minimum Gasteiger partial charge on any atom is -0.339 e. The molecule has 25 heavy (non-hydrogen) atoms. The molecule has 1 aromatic carbocycles. The largest absolute Gasteiger partial charge is 0.339 e. The second-order valence-corrected chi connectivity index (χ2v) is 6.32. The van der Waals surface area contributed by atoms with Crippen molar-refractivity contribution in [3.05, 3.63) is 35.7 Å². The van der Waals surface area contributed by atoms with Crippen molar-refractivity contribution in [3.63, 3.8) is 0 Å². The first-order chi connectivity index (χ1) is 11.7. The molecule has 0 radical (unpaired) electrons. The van der Waals surface area contributed by atoms with E-state index in [-0.39, 0.29) is 18.3 Å². The molecule has 0 atom stereocenters. The molecule has 2 aromatic rings. The number of halogens is 1. The molecule has 1 fully saturated rings. The van der Waals surface area contributed by atoms with E-state index in [2.05, 4.69) is 15.5 Å². The predicted molar refractivity (Wildman–Crippen MR) is 98.9 cm³/mol.